The summed E-state index contributed by atoms with van der Waals surface area (Å²) in [6, 6.07) is 8.32. The average molecular weight is 334 g/mol. The van der Waals surface area contributed by atoms with Crippen molar-refractivity contribution in [2.45, 2.75) is 38.9 Å². The Bertz CT molecular complexity index is 608. The summed E-state index contributed by atoms with van der Waals surface area (Å²) in [6.45, 7) is 8.54. The van der Waals surface area contributed by atoms with E-state index in [-0.39, 0.29) is 0 Å². The monoisotopic (exact) mass is 333 g/mol. The first-order valence-corrected chi connectivity index (χ1v) is 7.93. The number of aryl methyl sites for hydroxylation is 2. The normalized spacial score (nSPS) is 10.9. The molecular weight excluding hydrogens is 314 g/mol. The smallest absolute Gasteiger partial charge is 0.222 e. The Morgan fingerprint density at radius 1 is 1.15 bits per heavy atom. The van der Waals surface area contributed by atoms with Gasteiger partial charge in [0.1, 0.15) is 5.75 Å². The molecule has 1 heterocycles. The van der Waals surface area contributed by atoms with Crippen LogP contribution in [-0.4, -0.2) is 4.98 Å². The van der Waals surface area contributed by atoms with Crippen molar-refractivity contribution in [3.8, 4) is 11.6 Å². The molecular formula is C17H20BrNO. The molecule has 2 nitrogen and oxygen atoms in total. The third-order valence-corrected chi connectivity index (χ3v) is 3.97. The highest BCUT2D eigenvalue weighted by Gasteiger charge is 2.08. The molecule has 2 aromatic rings. The van der Waals surface area contributed by atoms with Gasteiger partial charge in [-0.3, -0.25) is 0 Å². The van der Waals surface area contributed by atoms with Gasteiger partial charge in [-0.1, -0.05) is 35.8 Å². The van der Waals surface area contributed by atoms with E-state index in [1.54, 1.807) is 0 Å². The fourth-order valence-corrected chi connectivity index (χ4v) is 2.58. The molecule has 0 amide bonds. The van der Waals surface area contributed by atoms with Crippen LogP contribution in [0.4, 0.5) is 0 Å². The average Bonchev–Trinajstić information content (AvgIpc) is 2.40. The maximum Gasteiger partial charge on any atom is 0.222 e. The molecule has 2 rings (SSSR count). The molecule has 0 N–H and O–H groups in total. The molecule has 0 aliphatic carbocycles. The Hall–Kier alpha value is -1.35. The molecule has 0 bridgehead atoms. The molecule has 0 fully saturated rings. The van der Waals surface area contributed by atoms with E-state index in [1.807, 2.05) is 19.2 Å². The van der Waals surface area contributed by atoms with Crippen LogP contribution in [0, 0.1) is 13.8 Å². The lowest BCUT2D eigenvalue weighted by Crippen LogP contribution is -1.96. The zero-order valence-corrected chi connectivity index (χ0v) is 14.0. The molecule has 0 aliphatic heterocycles. The molecule has 0 radical (unpaired) electrons. The molecule has 106 valence electrons. The lowest BCUT2D eigenvalue weighted by atomic mass is 9.98. The lowest BCUT2D eigenvalue weighted by Gasteiger charge is -2.13. The lowest BCUT2D eigenvalue weighted by molar-refractivity contribution is 0.458. The first-order valence-electron chi connectivity index (χ1n) is 6.81. The van der Waals surface area contributed by atoms with E-state index in [0.717, 1.165) is 22.2 Å². The van der Waals surface area contributed by atoms with E-state index < -0.39 is 0 Å². The number of hydrogen-bond donors (Lipinski definition) is 0. The van der Waals surface area contributed by atoms with Crippen molar-refractivity contribution in [3.05, 3.63) is 52.7 Å². The molecule has 0 saturated heterocycles. The van der Waals surface area contributed by atoms with Crippen LogP contribution in [0.5, 0.6) is 11.6 Å². The summed E-state index contributed by atoms with van der Waals surface area (Å²) < 4.78 is 5.90. The van der Waals surface area contributed by atoms with Gasteiger partial charge in [-0.25, -0.2) is 4.98 Å². The van der Waals surface area contributed by atoms with E-state index >= 15 is 0 Å². The summed E-state index contributed by atoms with van der Waals surface area (Å²) in [4.78, 5) is 4.38. The van der Waals surface area contributed by atoms with E-state index in [1.165, 1.54) is 11.1 Å². The van der Waals surface area contributed by atoms with Gasteiger partial charge in [-0.05, 0) is 54.7 Å². The Kier molecular flexibility index (Phi) is 4.81. The van der Waals surface area contributed by atoms with Gasteiger partial charge < -0.3 is 4.74 Å². The van der Waals surface area contributed by atoms with Gasteiger partial charge in [0.25, 0.3) is 0 Å². The first kappa shape index (κ1) is 15.0. The van der Waals surface area contributed by atoms with Gasteiger partial charge in [0, 0.05) is 17.1 Å². The van der Waals surface area contributed by atoms with Crippen LogP contribution >= 0.6 is 15.9 Å². The number of alkyl halides is 1. The summed E-state index contributed by atoms with van der Waals surface area (Å²) in [7, 11) is 0. The number of nitrogens with zero attached hydrogens (tertiary/aromatic N) is 1. The Labute approximate surface area is 129 Å². The van der Waals surface area contributed by atoms with Gasteiger partial charge in [0.05, 0.1) is 0 Å². The SMILES string of the molecule is Cc1cc(Oc2ncc(CBr)cc2C)ccc1C(C)C. The summed E-state index contributed by atoms with van der Waals surface area (Å²) in [5.74, 6) is 2.04. The number of aromatic nitrogens is 1. The molecule has 0 saturated carbocycles. The third-order valence-electron chi connectivity index (χ3n) is 3.32. The predicted molar refractivity (Wildman–Crippen MR) is 86.9 cm³/mol. The molecule has 20 heavy (non-hydrogen) atoms. The molecule has 1 aromatic heterocycles. The Morgan fingerprint density at radius 2 is 1.90 bits per heavy atom. The van der Waals surface area contributed by atoms with E-state index in [9.17, 15) is 0 Å². The van der Waals surface area contributed by atoms with Crippen LogP contribution < -0.4 is 4.74 Å². The van der Waals surface area contributed by atoms with Crippen molar-refractivity contribution in [1.82, 2.24) is 4.98 Å². The molecule has 0 spiro atoms. The Morgan fingerprint density at radius 3 is 2.45 bits per heavy atom. The zero-order valence-electron chi connectivity index (χ0n) is 12.4. The summed E-state index contributed by atoms with van der Waals surface area (Å²) in [6.07, 6.45) is 1.84. The maximum atomic E-state index is 5.90. The van der Waals surface area contributed by atoms with Gasteiger partial charge >= 0.3 is 0 Å². The van der Waals surface area contributed by atoms with Gasteiger partial charge in [0.2, 0.25) is 5.88 Å². The molecule has 0 atom stereocenters. The van der Waals surface area contributed by atoms with Crippen LogP contribution in [0.25, 0.3) is 0 Å². The number of pyridine rings is 1. The highest BCUT2D eigenvalue weighted by atomic mass is 79.9. The minimum absolute atomic E-state index is 0.530. The standard InChI is InChI=1S/C17H20BrNO/c1-11(2)16-6-5-15(8-12(16)3)20-17-13(4)7-14(9-18)10-19-17/h5-8,10-11H,9H2,1-4H3. The largest absolute Gasteiger partial charge is 0.439 e. The first-order chi connectivity index (χ1) is 9.51. The summed E-state index contributed by atoms with van der Waals surface area (Å²) >= 11 is 3.43. The summed E-state index contributed by atoms with van der Waals surface area (Å²) in [5.41, 5.74) is 4.82. The highest BCUT2D eigenvalue weighted by molar-refractivity contribution is 9.08. The van der Waals surface area contributed by atoms with Crippen LogP contribution in [0.3, 0.4) is 0 Å². The van der Waals surface area contributed by atoms with Crippen molar-refractivity contribution < 1.29 is 4.74 Å². The van der Waals surface area contributed by atoms with E-state index in [2.05, 4.69) is 59.9 Å². The topological polar surface area (TPSA) is 22.1 Å². The number of rotatable bonds is 4. The van der Waals surface area contributed by atoms with E-state index in [4.69, 9.17) is 4.74 Å². The van der Waals surface area contributed by atoms with Crippen molar-refractivity contribution in [3.63, 3.8) is 0 Å². The van der Waals surface area contributed by atoms with Crippen LogP contribution in [0.15, 0.2) is 30.5 Å². The number of halogens is 1. The number of benzene rings is 1. The van der Waals surface area contributed by atoms with Gasteiger partial charge in [0.15, 0.2) is 0 Å². The van der Waals surface area contributed by atoms with Crippen molar-refractivity contribution in [2.75, 3.05) is 0 Å². The number of hydrogen-bond acceptors (Lipinski definition) is 2. The minimum Gasteiger partial charge on any atom is -0.439 e. The fraction of sp³-hybridized carbons (Fsp3) is 0.353. The Balaban J connectivity index is 2.24. The summed E-state index contributed by atoms with van der Waals surface area (Å²) in [5, 5.41) is 0.809. The third kappa shape index (κ3) is 3.40. The second-order valence-electron chi connectivity index (χ2n) is 5.37. The van der Waals surface area contributed by atoms with Crippen LogP contribution in [-0.2, 0) is 5.33 Å². The van der Waals surface area contributed by atoms with Crippen LogP contribution in [0.2, 0.25) is 0 Å². The van der Waals surface area contributed by atoms with Gasteiger partial charge in [-0.2, -0.15) is 0 Å². The second-order valence-corrected chi connectivity index (χ2v) is 5.94. The minimum atomic E-state index is 0.530. The van der Waals surface area contributed by atoms with Crippen LogP contribution in [0.1, 0.15) is 42.0 Å². The number of ether oxygens (including phenoxy) is 1. The molecule has 3 heteroatoms. The highest BCUT2D eigenvalue weighted by Crippen LogP contribution is 2.28. The van der Waals surface area contributed by atoms with E-state index in [0.29, 0.717) is 11.8 Å². The zero-order chi connectivity index (χ0) is 14.7. The predicted octanol–water partition coefficient (Wildman–Crippen LogP) is 5.51. The van der Waals surface area contributed by atoms with Crippen molar-refractivity contribution in [2.24, 2.45) is 0 Å². The quantitative estimate of drug-likeness (QED) is 0.688. The van der Waals surface area contributed by atoms with Crippen molar-refractivity contribution >= 4 is 15.9 Å². The fourth-order valence-electron chi connectivity index (χ4n) is 2.27. The maximum absolute atomic E-state index is 5.90. The molecule has 0 aliphatic rings. The molecule has 0 unspecified atom stereocenters. The van der Waals surface area contributed by atoms with Crippen molar-refractivity contribution in [1.29, 1.82) is 0 Å². The van der Waals surface area contributed by atoms with Gasteiger partial charge in [-0.15, -0.1) is 0 Å². The molecule has 1 aromatic carbocycles. The second kappa shape index (κ2) is 6.40.